The molecule has 0 saturated heterocycles. The number of esters is 2. The zero-order chi connectivity index (χ0) is 18.7. The molecule has 6 nitrogen and oxygen atoms in total. The van der Waals surface area contributed by atoms with Gasteiger partial charge in [0.25, 0.3) is 0 Å². The molecule has 0 aliphatic rings. The van der Waals surface area contributed by atoms with E-state index >= 15 is 0 Å². The van der Waals surface area contributed by atoms with Crippen LogP contribution in [-0.4, -0.2) is 34.8 Å². The van der Waals surface area contributed by atoms with E-state index in [4.69, 9.17) is 9.47 Å². The molecular formula is C19H17FN2O4. The van der Waals surface area contributed by atoms with Crippen LogP contribution in [0.2, 0.25) is 0 Å². The molecule has 0 radical (unpaired) electrons. The largest absolute Gasteiger partial charge is 0.462 e. The first-order chi connectivity index (χ1) is 12.6. The average Bonchev–Trinajstić information content (AvgIpc) is 3.02. The van der Waals surface area contributed by atoms with Gasteiger partial charge in [0.15, 0.2) is 5.69 Å². The van der Waals surface area contributed by atoms with Gasteiger partial charge in [-0.2, -0.15) is 5.10 Å². The molecule has 0 atom stereocenters. The first-order valence-electron chi connectivity index (χ1n) is 8.19. The molecule has 2 aromatic heterocycles. The normalized spacial score (nSPS) is 10.7. The second kappa shape index (κ2) is 7.35. The summed E-state index contributed by atoms with van der Waals surface area (Å²) in [7, 11) is 0. The van der Waals surface area contributed by atoms with Crippen LogP contribution in [0.5, 0.6) is 0 Å². The maximum absolute atomic E-state index is 14.2. The second-order valence-electron chi connectivity index (χ2n) is 5.35. The standard InChI is InChI=1S/C19H17FN2O4/c1-3-25-18(23)16-15-11-7-10-14(12-8-5-6-9-13(12)20)22(15)21-17(16)19(24)26-4-2/h5-11H,3-4H2,1-2H3. The van der Waals surface area contributed by atoms with Crippen LogP contribution in [0.15, 0.2) is 42.5 Å². The van der Waals surface area contributed by atoms with Crippen LogP contribution in [0, 0.1) is 5.82 Å². The summed E-state index contributed by atoms with van der Waals surface area (Å²) in [5.74, 6) is -1.86. The Morgan fingerprint density at radius 2 is 1.69 bits per heavy atom. The summed E-state index contributed by atoms with van der Waals surface area (Å²) >= 11 is 0. The summed E-state index contributed by atoms with van der Waals surface area (Å²) in [6, 6.07) is 11.1. The number of hydrogen-bond acceptors (Lipinski definition) is 5. The molecule has 0 aliphatic heterocycles. The maximum Gasteiger partial charge on any atom is 0.359 e. The van der Waals surface area contributed by atoms with Crippen molar-refractivity contribution >= 4 is 17.5 Å². The van der Waals surface area contributed by atoms with E-state index in [1.54, 1.807) is 50.2 Å². The molecule has 26 heavy (non-hydrogen) atoms. The van der Waals surface area contributed by atoms with Crippen molar-refractivity contribution < 1.29 is 23.5 Å². The molecule has 0 amide bonds. The summed E-state index contributed by atoms with van der Waals surface area (Å²) in [5, 5.41) is 4.23. The molecule has 3 rings (SSSR count). The number of pyridine rings is 1. The monoisotopic (exact) mass is 356 g/mol. The number of fused-ring (bicyclic) bond motifs is 1. The fourth-order valence-corrected chi connectivity index (χ4v) is 2.69. The van der Waals surface area contributed by atoms with Gasteiger partial charge in [-0.15, -0.1) is 0 Å². The van der Waals surface area contributed by atoms with Gasteiger partial charge in [-0.25, -0.2) is 18.5 Å². The molecule has 0 bridgehead atoms. The Labute approximate surface area is 149 Å². The lowest BCUT2D eigenvalue weighted by Crippen LogP contribution is -2.13. The second-order valence-corrected chi connectivity index (χ2v) is 5.35. The average molecular weight is 356 g/mol. The third-order valence-electron chi connectivity index (χ3n) is 3.76. The number of halogens is 1. The first kappa shape index (κ1) is 17.6. The minimum absolute atomic E-state index is 0.00323. The highest BCUT2D eigenvalue weighted by molar-refractivity contribution is 6.07. The molecule has 1 aromatic carbocycles. The van der Waals surface area contributed by atoms with Crippen LogP contribution in [0.4, 0.5) is 4.39 Å². The van der Waals surface area contributed by atoms with E-state index in [-0.39, 0.29) is 24.5 Å². The molecule has 0 aliphatic carbocycles. The van der Waals surface area contributed by atoms with Gasteiger partial charge in [-0.05, 0) is 38.1 Å². The molecule has 0 saturated carbocycles. The quantitative estimate of drug-likeness (QED) is 0.655. The molecular weight excluding hydrogens is 339 g/mol. The minimum Gasteiger partial charge on any atom is -0.462 e. The zero-order valence-corrected chi connectivity index (χ0v) is 14.4. The van der Waals surface area contributed by atoms with Gasteiger partial charge >= 0.3 is 11.9 Å². The van der Waals surface area contributed by atoms with Crippen LogP contribution in [0.3, 0.4) is 0 Å². The van der Waals surface area contributed by atoms with Crippen molar-refractivity contribution in [3.63, 3.8) is 0 Å². The zero-order valence-electron chi connectivity index (χ0n) is 14.4. The molecule has 0 N–H and O–H groups in total. The van der Waals surface area contributed by atoms with Crippen LogP contribution in [0.25, 0.3) is 16.8 Å². The number of ether oxygens (including phenoxy) is 2. The SMILES string of the molecule is CCOC(=O)c1nn2c(-c3ccccc3F)cccc2c1C(=O)OCC. The summed E-state index contributed by atoms with van der Waals surface area (Å²) < 4.78 is 25.7. The topological polar surface area (TPSA) is 69.9 Å². The highest BCUT2D eigenvalue weighted by Gasteiger charge is 2.28. The number of carbonyl (C=O) groups is 2. The van der Waals surface area contributed by atoms with Gasteiger partial charge in [-0.1, -0.05) is 18.2 Å². The number of carbonyl (C=O) groups excluding carboxylic acids is 2. The van der Waals surface area contributed by atoms with Crippen molar-refractivity contribution in [1.29, 1.82) is 0 Å². The predicted molar refractivity (Wildman–Crippen MR) is 92.5 cm³/mol. The van der Waals surface area contributed by atoms with Crippen molar-refractivity contribution in [2.75, 3.05) is 13.2 Å². The first-order valence-corrected chi connectivity index (χ1v) is 8.19. The molecule has 2 heterocycles. The molecule has 0 unspecified atom stereocenters. The maximum atomic E-state index is 14.2. The minimum atomic E-state index is -0.737. The van der Waals surface area contributed by atoms with E-state index in [0.29, 0.717) is 16.8 Å². The molecule has 3 aromatic rings. The number of nitrogens with zero attached hydrogens (tertiary/aromatic N) is 2. The number of aromatic nitrogens is 2. The van der Waals surface area contributed by atoms with Crippen molar-refractivity contribution in [3.05, 3.63) is 59.5 Å². The third kappa shape index (κ3) is 3.03. The highest BCUT2D eigenvalue weighted by Crippen LogP contribution is 2.27. The van der Waals surface area contributed by atoms with E-state index in [2.05, 4.69) is 5.10 Å². The smallest absolute Gasteiger partial charge is 0.359 e. The lowest BCUT2D eigenvalue weighted by Gasteiger charge is -2.06. The van der Waals surface area contributed by atoms with Gasteiger partial charge in [0.05, 0.1) is 24.4 Å². The molecule has 134 valence electrons. The summed E-state index contributed by atoms with van der Waals surface area (Å²) in [5.41, 5.74) is 0.887. The summed E-state index contributed by atoms with van der Waals surface area (Å²) in [6.45, 7) is 3.60. The summed E-state index contributed by atoms with van der Waals surface area (Å²) in [4.78, 5) is 24.7. The van der Waals surface area contributed by atoms with Gasteiger partial charge in [-0.3, -0.25) is 0 Å². The molecule has 7 heteroatoms. The van der Waals surface area contributed by atoms with Crippen LogP contribution < -0.4 is 0 Å². The van der Waals surface area contributed by atoms with E-state index in [1.807, 2.05) is 0 Å². The fourth-order valence-electron chi connectivity index (χ4n) is 2.69. The Morgan fingerprint density at radius 1 is 1.00 bits per heavy atom. The molecule has 0 spiro atoms. The lowest BCUT2D eigenvalue weighted by atomic mass is 10.1. The van der Waals surface area contributed by atoms with E-state index in [1.165, 1.54) is 10.6 Å². The third-order valence-corrected chi connectivity index (χ3v) is 3.76. The van der Waals surface area contributed by atoms with Crippen LogP contribution in [-0.2, 0) is 9.47 Å². The van der Waals surface area contributed by atoms with Crippen LogP contribution >= 0.6 is 0 Å². The van der Waals surface area contributed by atoms with Gasteiger partial charge in [0.2, 0.25) is 0 Å². The van der Waals surface area contributed by atoms with Gasteiger partial charge < -0.3 is 9.47 Å². The predicted octanol–water partition coefficient (Wildman–Crippen LogP) is 3.49. The summed E-state index contributed by atoms with van der Waals surface area (Å²) in [6.07, 6.45) is 0. The van der Waals surface area contributed by atoms with E-state index in [0.717, 1.165) is 0 Å². The van der Waals surface area contributed by atoms with Gasteiger partial charge in [0, 0.05) is 5.56 Å². The Kier molecular flexibility index (Phi) is 4.97. The number of hydrogen-bond donors (Lipinski definition) is 0. The van der Waals surface area contributed by atoms with Crippen LogP contribution in [0.1, 0.15) is 34.7 Å². The van der Waals surface area contributed by atoms with E-state index < -0.39 is 17.8 Å². The van der Waals surface area contributed by atoms with Crippen molar-refractivity contribution in [2.24, 2.45) is 0 Å². The van der Waals surface area contributed by atoms with E-state index in [9.17, 15) is 14.0 Å². The lowest BCUT2D eigenvalue weighted by molar-refractivity contribution is 0.0476. The van der Waals surface area contributed by atoms with Crippen molar-refractivity contribution in [3.8, 4) is 11.3 Å². The van der Waals surface area contributed by atoms with Gasteiger partial charge in [0.1, 0.15) is 11.4 Å². The van der Waals surface area contributed by atoms with Crippen molar-refractivity contribution in [1.82, 2.24) is 9.61 Å². The van der Waals surface area contributed by atoms with Crippen molar-refractivity contribution in [2.45, 2.75) is 13.8 Å². The fraction of sp³-hybridized carbons (Fsp3) is 0.211. The number of rotatable bonds is 5. The molecule has 0 fully saturated rings. The highest BCUT2D eigenvalue weighted by atomic mass is 19.1. The number of benzene rings is 1. The Balaban J connectivity index is 2.29. The Morgan fingerprint density at radius 3 is 2.38 bits per heavy atom. The Bertz CT molecular complexity index is 981. The Hall–Kier alpha value is -3.22.